The minimum atomic E-state index is -0.369. The number of para-hydroxylation sites is 1. The average Bonchev–Trinajstić information content (AvgIpc) is 3.02. The van der Waals surface area contributed by atoms with E-state index in [2.05, 4.69) is 9.97 Å². The lowest BCUT2D eigenvalue weighted by atomic mass is 10.2. The van der Waals surface area contributed by atoms with E-state index in [1.165, 1.54) is 6.07 Å². The second-order valence-corrected chi connectivity index (χ2v) is 5.30. The van der Waals surface area contributed by atoms with Crippen LogP contribution in [0.3, 0.4) is 0 Å². The monoisotopic (exact) mass is 284 g/mol. The highest BCUT2D eigenvalue weighted by Crippen LogP contribution is 2.27. The van der Waals surface area contributed by atoms with Crippen molar-refractivity contribution in [2.45, 2.75) is 0 Å². The molecular formula is C14H9FN4S. The van der Waals surface area contributed by atoms with Crippen LogP contribution in [0.2, 0.25) is 0 Å². The van der Waals surface area contributed by atoms with Gasteiger partial charge in [0.2, 0.25) is 5.95 Å². The maximum absolute atomic E-state index is 13.8. The molecule has 0 spiro atoms. The van der Waals surface area contributed by atoms with Crippen molar-refractivity contribution in [1.29, 1.82) is 0 Å². The molecule has 0 unspecified atom stereocenters. The first-order valence-electron chi connectivity index (χ1n) is 6.00. The Hall–Kier alpha value is -2.47. The van der Waals surface area contributed by atoms with Crippen LogP contribution in [-0.4, -0.2) is 14.5 Å². The summed E-state index contributed by atoms with van der Waals surface area (Å²) in [5, 5.41) is 0. The Morgan fingerprint density at radius 2 is 2.10 bits per heavy atom. The first-order chi connectivity index (χ1) is 9.74. The highest BCUT2D eigenvalue weighted by atomic mass is 32.1. The van der Waals surface area contributed by atoms with Crippen molar-refractivity contribution in [3.8, 4) is 5.69 Å². The molecule has 0 aliphatic rings. The summed E-state index contributed by atoms with van der Waals surface area (Å²) in [6.45, 7) is 0. The van der Waals surface area contributed by atoms with E-state index in [-0.39, 0.29) is 17.3 Å². The van der Waals surface area contributed by atoms with Crippen molar-refractivity contribution >= 4 is 38.5 Å². The van der Waals surface area contributed by atoms with Crippen LogP contribution in [0.1, 0.15) is 0 Å². The van der Waals surface area contributed by atoms with E-state index < -0.39 is 0 Å². The van der Waals surface area contributed by atoms with Crippen LogP contribution in [0.5, 0.6) is 0 Å². The summed E-state index contributed by atoms with van der Waals surface area (Å²) in [5.41, 5.74) is 10.5. The van der Waals surface area contributed by atoms with E-state index in [1.54, 1.807) is 33.5 Å². The average molecular weight is 284 g/mol. The van der Waals surface area contributed by atoms with Gasteiger partial charge in [-0.05, 0) is 30.3 Å². The molecule has 2 heterocycles. The molecule has 0 amide bonds. The first-order valence-corrected chi connectivity index (χ1v) is 6.88. The number of aromatic nitrogens is 3. The highest BCUT2D eigenvalue weighted by Gasteiger charge is 2.13. The van der Waals surface area contributed by atoms with E-state index in [1.807, 2.05) is 18.2 Å². The van der Waals surface area contributed by atoms with Gasteiger partial charge in [0.25, 0.3) is 0 Å². The molecule has 0 aliphatic heterocycles. The van der Waals surface area contributed by atoms with Gasteiger partial charge in [-0.2, -0.15) is 0 Å². The number of nitrogens with two attached hydrogens (primary N) is 1. The number of thiazole rings is 1. The van der Waals surface area contributed by atoms with Gasteiger partial charge in [-0.25, -0.2) is 14.4 Å². The standard InChI is InChI=1S/C14H9FN4S/c15-9-2-1-3-11-13(9)18-14(16)19(11)8-4-5-10-12(6-8)20-7-17-10/h1-7H,(H2,16,18). The third-order valence-corrected chi connectivity index (χ3v) is 4.03. The minimum absolute atomic E-state index is 0.272. The number of hydrogen-bond acceptors (Lipinski definition) is 4. The van der Waals surface area contributed by atoms with Gasteiger partial charge in [0, 0.05) is 0 Å². The van der Waals surface area contributed by atoms with Gasteiger partial charge < -0.3 is 5.73 Å². The van der Waals surface area contributed by atoms with E-state index in [0.29, 0.717) is 5.52 Å². The number of nitrogens with zero attached hydrogens (tertiary/aromatic N) is 3. The Labute approximate surface area is 117 Å². The van der Waals surface area contributed by atoms with Crippen molar-refractivity contribution in [2.75, 3.05) is 5.73 Å². The van der Waals surface area contributed by atoms with Crippen molar-refractivity contribution in [3.05, 3.63) is 47.7 Å². The van der Waals surface area contributed by atoms with E-state index in [4.69, 9.17) is 5.73 Å². The number of halogens is 1. The molecule has 20 heavy (non-hydrogen) atoms. The van der Waals surface area contributed by atoms with Crippen molar-refractivity contribution in [3.63, 3.8) is 0 Å². The quantitative estimate of drug-likeness (QED) is 0.583. The van der Waals surface area contributed by atoms with Crippen molar-refractivity contribution in [2.24, 2.45) is 0 Å². The number of anilines is 1. The van der Waals surface area contributed by atoms with Crippen molar-refractivity contribution < 1.29 is 4.39 Å². The van der Waals surface area contributed by atoms with E-state index >= 15 is 0 Å². The Kier molecular flexibility index (Phi) is 2.28. The van der Waals surface area contributed by atoms with Crippen LogP contribution >= 0.6 is 11.3 Å². The smallest absolute Gasteiger partial charge is 0.206 e. The molecule has 0 saturated heterocycles. The Morgan fingerprint density at radius 3 is 3.00 bits per heavy atom. The van der Waals surface area contributed by atoms with Gasteiger partial charge in [-0.15, -0.1) is 11.3 Å². The summed E-state index contributed by atoms with van der Waals surface area (Å²) in [5.74, 6) is -0.0965. The molecule has 0 saturated carbocycles. The molecule has 2 aromatic heterocycles. The van der Waals surface area contributed by atoms with Crippen LogP contribution in [0.4, 0.5) is 10.3 Å². The lowest BCUT2D eigenvalue weighted by Crippen LogP contribution is -2.00. The largest absolute Gasteiger partial charge is 0.369 e. The zero-order valence-corrected chi connectivity index (χ0v) is 11.1. The van der Waals surface area contributed by atoms with Gasteiger partial charge in [-0.1, -0.05) is 6.07 Å². The molecule has 2 aromatic carbocycles. The number of hydrogen-bond donors (Lipinski definition) is 1. The van der Waals surface area contributed by atoms with Crippen LogP contribution in [0, 0.1) is 5.82 Å². The predicted octanol–water partition coefficient (Wildman–Crippen LogP) is 3.36. The molecule has 4 rings (SSSR count). The predicted molar refractivity (Wildman–Crippen MR) is 78.6 cm³/mol. The molecule has 6 heteroatoms. The van der Waals surface area contributed by atoms with Crippen LogP contribution in [0.15, 0.2) is 41.9 Å². The summed E-state index contributed by atoms with van der Waals surface area (Å²) in [7, 11) is 0. The third-order valence-electron chi connectivity index (χ3n) is 3.23. The topological polar surface area (TPSA) is 56.7 Å². The van der Waals surface area contributed by atoms with Gasteiger partial charge >= 0.3 is 0 Å². The fraction of sp³-hybridized carbons (Fsp3) is 0. The molecule has 0 aliphatic carbocycles. The summed E-state index contributed by atoms with van der Waals surface area (Å²) < 4.78 is 16.6. The zero-order valence-electron chi connectivity index (χ0n) is 10.2. The highest BCUT2D eigenvalue weighted by molar-refractivity contribution is 7.16. The third kappa shape index (κ3) is 1.51. The molecule has 0 fully saturated rings. The SMILES string of the molecule is Nc1nc2c(F)cccc2n1-c1ccc2ncsc2c1. The second kappa shape index (κ2) is 4.01. The van der Waals surface area contributed by atoms with E-state index in [9.17, 15) is 4.39 Å². The number of imidazole rings is 1. The van der Waals surface area contributed by atoms with Gasteiger partial charge in [0.05, 0.1) is 26.9 Å². The number of nitrogen functional groups attached to an aromatic ring is 1. The molecule has 0 bridgehead atoms. The number of benzene rings is 2. The Morgan fingerprint density at radius 1 is 1.20 bits per heavy atom. The number of fused-ring (bicyclic) bond motifs is 2. The fourth-order valence-electron chi connectivity index (χ4n) is 2.34. The molecule has 2 N–H and O–H groups in total. The van der Waals surface area contributed by atoms with Crippen molar-refractivity contribution in [1.82, 2.24) is 14.5 Å². The molecule has 0 atom stereocenters. The molecule has 98 valence electrons. The Bertz CT molecular complexity index is 941. The van der Waals surface area contributed by atoms with Crippen LogP contribution < -0.4 is 5.73 Å². The summed E-state index contributed by atoms with van der Waals surface area (Å²) >= 11 is 1.55. The summed E-state index contributed by atoms with van der Waals surface area (Å²) in [6.07, 6.45) is 0. The Balaban J connectivity index is 2.06. The maximum atomic E-state index is 13.8. The summed E-state index contributed by atoms with van der Waals surface area (Å²) in [4.78, 5) is 8.35. The fourth-order valence-corrected chi connectivity index (χ4v) is 3.05. The second-order valence-electron chi connectivity index (χ2n) is 4.42. The number of rotatable bonds is 1. The normalized spacial score (nSPS) is 11.4. The maximum Gasteiger partial charge on any atom is 0.206 e. The molecule has 4 nitrogen and oxygen atoms in total. The lowest BCUT2D eigenvalue weighted by molar-refractivity contribution is 0.637. The van der Waals surface area contributed by atoms with E-state index in [0.717, 1.165) is 15.9 Å². The van der Waals surface area contributed by atoms with Gasteiger partial charge in [0.1, 0.15) is 5.52 Å². The molecule has 4 aromatic rings. The lowest BCUT2D eigenvalue weighted by Gasteiger charge is -2.06. The van der Waals surface area contributed by atoms with Crippen LogP contribution in [-0.2, 0) is 0 Å². The van der Waals surface area contributed by atoms with Gasteiger partial charge in [-0.3, -0.25) is 4.57 Å². The summed E-state index contributed by atoms with van der Waals surface area (Å²) in [6, 6.07) is 10.6. The molecular weight excluding hydrogens is 275 g/mol. The minimum Gasteiger partial charge on any atom is -0.369 e. The van der Waals surface area contributed by atoms with Gasteiger partial charge in [0.15, 0.2) is 5.82 Å². The first kappa shape index (κ1) is 11.4. The molecule has 0 radical (unpaired) electrons. The van der Waals surface area contributed by atoms with Crippen LogP contribution in [0.25, 0.3) is 26.9 Å². The zero-order chi connectivity index (χ0) is 13.7.